The Bertz CT molecular complexity index is 578. The summed E-state index contributed by atoms with van der Waals surface area (Å²) < 4.78 is 0.987. The highest BCUT2D eigenvalue weighted by molar-refractivity contribution is 9.10. The molecule has 0 amide bonds. The first-order valence-electron chi connectivity index (χ1n) is 6.76. The van der Waals surface area contributed by atoms with Crippen LogP contribution in [0.1, 0.15) is 36.6 Å². The second kappa shape index (κ2) is 6.75. The minimum atomic E-state index is -0.170. The van der Waals surface area contributed by atoms with Crippen molar-refractivity contribution in [1.82, 2.24) is 0 Å². The number of nitrogens with two attached hydrogens (primary N) is 1. The van der Waals surface area contributed by atoms with Crippen molar-refractivity contribution < 1.29 is 0 Å². The van der Waals surface area contributed by atoms with Gasteiger partial charge in [0.2, 0.25) is 0 Å². The fraction of sp³-hybridized carbons (Fsp3) is 0.294. The third kappa shape index (κ3) is 3.85. The van der Waals surface area contributed by atoms with Crippen LogP contribution in [0.25, 0.3) is 0 Å². The van der Waals surface area contributed by atoms with E-state index in [2.05, 4.69) is 54.0 Å². The molecule has 0 aromatic heterocycles. The average molecular weight is 353 g/mol. The first-order valence-corrected chi connectivity index (χ1v) is 7.94. The lowest BCUT2D eigenvalue weighted by Crippen LogP contribution is -2.12. The molecule has 0 aliphatic heterocycles. The quantitative estimate of drug-likeness (QED) is 0.788. The summed E-state index contributed by atoms with van der Waals surface area (Å²) >= 11 is 9.59. The lowest BCUT2D eigenvalue weighted by atomic mass is 9.96. The van der Waals surface area contributed by atoms with Gasteiger partial charge in [-0.3, -0.25) is 0 Å². The van der Waals surface area contributed by atoms with Gasteiger partial charge in [0.05, 0.1) is 6.04 Å². The van der Waals surface area contributed by atoms with Crippen LogP contribution in [0.4, 0.5) is 0 Å². The van der Waals surface area contributed by atoms with Gasteiger partial charge >= 0.3 is 0 Å². The van der Waals surface area contributed by atoms with Gasteiger partial charge in [-0.25, -0.2) is 0 Å². The molecule has 0 heterocycles. The van der Waals surface area contributed by atoms with E-state index in [9.17, 15) is 0 Å². The van der Waals surface area contributed by atoms with Gasteiger partial charge in [-0.15, -0.1) is 0 Å². The van der Waals surface area contributed by atoms with Crippen LogP contribution < -0.4 is 5.73 Å². The van der Waals surface area contributed by atoms with Gasteiger partial charge < -0.3 is 5.73 Å². The third-order valence-electron chi connectivity index (χ3n) is 3.28. The van der Waals surface area contributed by atoms with Crippen molar-refractivity contribution in [2.75, 3.05) is 0 Å². The predicted octanol–water partition coefficient (Wildman–Crippen LogP) is 5.35. The van der Waals surface area contributed by atoms with E-state index >= 15 is 0 Å². The Balaban J connectivity index is 2.24. The molecule has 2 rings (SSSR count). The van der Waals surface area contributed by atoms with Crippen LogP contribution in [0.5, 0.6) is 0 Å². The summed E-state index contributed by atoms with van der Waals surface area (Å²) in [6.45, 7) is 4.45. The van der Waals surface area contributed by atoms with Crippen LogP contribution in [0.3, 0.4) is 0 Å². The van der Waals surface area contributed by atoms with Crippen molar-refractivity contribution in [2.45, 2.75) is 26.3 Å². The van der Waals surface area contributed by atoms with Crippen LogP contribution in [0, 0.1) is 5.92 Å². The molecule has 0 radical (unpaired) electrons. The van der Waals surface area contributed by atoms with E-state index in [-0.39, 0.29) is 6.04 Å². The lowest BCUT2D eigenvalue weighted by Gasteiger charge is -2.15. The SMILES string of the molecule is CC(C)Cc1ccc(C(N)c2cc(Cl)ccc2Br)cc1. The maximum atomic E-state index is 6.35. The minimum Gasteiger partial charge on any atom is -0.320 e. The molecule has 2 aromatic carbocycles. The monoisotopic (exact) mass is 351 g/mol. The highest BCUT2D eigenvalue weighted by Crippen LogP contribution is 2.29. The highest BCUT2D eigenvalue weighted by Gasteiger charge is 2.13. The smallest absolute Gasteiger partial charge is 0.0563 e. The zero-order valence-electron chi connectivity index (χ0n) is 11.7. The largest absolute Gasteiger partial charge is 0.320 e. The molecule has 0 spiro atoms. The summed E-state index contributed by atoms with van der Waals surface area (Å²) in [6, 6.07) is 14.1. The van der Waals surface area contributed by atoms with Crippen molar-refractivity contribution in [1.29, 1.82) is 0 Å². The number of hydrogen-bond acceptors (Lipinski definition) is 1. The molecular weight excluding hydrogens is 334 g/mol. The molecular formula is C17H19BrClN. The molecule has 0 fully saturated rings. The van der Waals surface area contributed by atoms with Crippen molar-refractivity contribution >= 4 is 27.5 Å². The summed E-state index contributed by atoms with van der Waals surface area (Å²) in [5.74, 6) is 0.664. The first-order chi connectivity index (χ1) is 9.47. The summed E-state index contributed by atoms with van der Waals surface area (Å²) in [5, 5.41) is 0.704. The fourth-order valence-electron chi connectivity index (χ4n) is 2.26. The summed E-state index contributed by atoms with van der Waals surface area (Å²) in [4.78, 5) is 0. The van der Waals surface area contributed by atoms with E-state index < -0.39 is 0 Å². The summed E-state index contributed by atoms with van der Waals surface area (Å²) in [6.07, 6.45) is 1.09. The van der Waals surface area contributed by atoms with Gasteiger partial charge in [-0.2, -0.15) is 0 Å². The topological polar surface area (TPSA) is 26.0 Å². The Morgan fingerprint density at radius 3 is 2.35 bits per heavy atom. The number of benzene rings is 2. The Hall–Kier alpha value is -0.830. The van der Waals surface area contributed by atoms with Crippen molar-refractivity contribution in [3.63, 3.8) is 0 Å². The molecule has 1 nitrogen and oxygen atoms in total. The van der Waals surface area contributed by atoms with Gasteiger partial charge in [0.25, 0.3) is 0 Å². The molecule has 2 N–H and O–H groups in total. The summed E-state index contributed by atoms with van der Waals surface area (Å²) in [5.41, 5.74) is 9.80. The summed E-state index contributed by atoms with van der Waals surface area (Å²) in [7, 11) is 0. The van der Waals surface area contributed by atoms with Gasteiger partial charge in [-0.05, 0) is 47.2 Å². The van der Waals surface area contributed by atoms with Crippen molar-refractivity contribution in [2.24, 2.45) is 11.7 Å². The maximum Gasteiger partial charge on any atom is 0.0563 e. The third-order valence-corrected chi connectivity index (χ3v) is 4.23. The normalized spacial score (nSPS) is 12.7. The van der Waals surface area contributed by atoms with Crippen molar-refractivity contribution in [3.8, 4) is 0 Å². The number of hydrogen-bond donors (Lipinski definition) is 1. The Labute approximate surface area is 134 Å². The van der Waals surface area contributed by atoms with E-state index in [0.717, 1.165) is 22.0 Å². The molecule has 2 aromatic rings. The van der Waals surface area contributed by atoms with Crippen LogP contribution in [0.15, 0.2) is 46.9 Å². The molecule has 0 aliphatic carbocycles. The number of halogens is 2. The van der Waals surface area contributed by atoms with E-state index in [1.165, 1.54) is 5.56 Å². The van der Waals surface area contributed by atoms with Crippen LogP contribution in [0.2, 0.25) is 5.02 Å². The van der Waals surface area contributed by atoms with E-state index in [0.29, 0.717) is 10.9 Å². The zero-order valence-corrected chi connectivity index (χ0v) is 14.1. The minimum absolute atomic E-state index is 0.170. The zero-order chi connectivity index (χ0) is 14.7. The second-order valence-corrected chi connectivity index (χ2v) is 6.77. The molecule has 1 unspecified atom stereocenters. The Kier molecular flexibility index (Phi) is 5.25. The molecule has 0 saturated heterocycles. The van der Waals surface area contributed by atoms with E-state index in [1.54, 1.807) is 0 Å². The molecule has 20 heavy (non-hydrogen) atoms. The first kappa shape index (κ1) is 15.6. The molecule has 0 bridgehead atoms. The standard InChI is InChI=1S/C17H19BrClN/c1-11(2)9-12-3-5-13(6-4-12)17(20)15-10-14(19)7-8-16(15)18/h3-8,10-11,17H,9,20H2,1-2H3. The van der Waals surface area contributed by atoms with Gasteiger partial charge in [-0.1, -0.05) is 65.6 Å². The average Bonchev–Trinajstić information content (AvgIpc) is 2.41. The molecule has 0 saturated carbocycles. The highest BCUT2D eigenvalue weighted by atomic mass is 79.9. The van der Waals surface area contributed by atoms with Gasteiger partial charge in [0, 0.05) is 9.50 Å². The van der Waals surface area contributed by atoms with Gasteiger partial charge in [0.1, 0.15) is 0 Å². The number of rotatable bonds is 4. The second-order valence-electron chi connectivity index (χ2n) is 5.48. The van der Waals surface area contributed by atoms with Crippen LogP contribution in [-0.4, -0.2) is 0 Å². The van der Waals surface area contributed by atoms with Crippen LogP contribution in [-0.2, 0) is 6.42 Å². The van der Waals surface area contributed by atoms with Crippen LogP contribution >= 0.6 is 27.5 Å². The predicted molar refractivity (Wildman–Crippen MR) is 90.2 cm³/mol. The van der Waals surface area contributed by atoms with E-state index in [1.807, 2.05) is 18.2 Å². The van der Waals surface area contributed by atoms with Crippen molar-refractivity contribution in [3.05, 3.63) is 68.7 Å². The molecule has 3 heteroatoms. The Morgan fingerprint density at radius 1 is 1.10 bits per heavy atom. The maximum absolute atomic E-state index is 6.35. The fourth-order valence-corrected chi connectivity index (χ4v) is 2.94. The van der Waals surface area contributed by atoms with E-state index in [4.69, 9.17) is 17.3 Å². The molecule has 1 atom stereocenters. The molecule has 106 valence electrons. The Morgan fingerprint density at radius 2 is 1.75 bits per heavy atom. The molecule has 0 aliphatic rings. The van der Waals surface area contributed by atoms with Gasteiger partial charge in [0.15, 0.2) is 0 Å². The lowest BCUT2D eigenvalue weighted by molar-refractivity contribution is 0.647.